The van der Waals surface area contributed by atoms with E-state index in [1.807, 2.05) is 12.1 Å². The maximum Gasteiger partial charge on any atom is 0.311 e. The average Bonchev–Trinajstić information content (AvgIpc) is 4.08. The van der Waals surface area contributed by atoms with Crippen LogP contribution in [0.25, 0.3) is 0 Å². The van der Waals surface area contributed by atoms with Crippen molar-refractivity contribution in [2.45, 2.75) is 138 Å². The van der Waals surface area contributed by atoms with Crippen LogP contribution < -0.4 is 9.47 Å². The third kappa shape index (κ3) is 5.57. The van der Waals surface area contributed by atoms with Crippen LogP contribution in [0.3, 0.4) is 0 Å². The Balaban J connectivity index is 0.792. The number of benzene rings is 2. The first-order valence-corrected chi connectivity index (χ1v) is 20.6. The first-order valence-electron chi connectivity index (χ1n) is 20.6. The number of carbonyl (C=O) groups excluding carboxylic acids is 2. The largest absolute Gasteiger partial charge is 0.427 e. The molecule has 6 fully saturated rings. The molecule has 0 radical (unpaired) electrons. The van der Waals surface area contributed by atoms with Gasteiger partial charge in [-0.25, -0.2) is 0 Å². The molecule has 8 aliphatic rings. The molecule has 0 amide bonds. The zero-order valence-corrected chi connectivity index (χ0v) is 30.0. The number of esters is 2. The van der Waals surface area contributed by atoms with Gasteiger partial charge in [0.15, 0.2) is 0 Å². The van der Waals surface area contributed by atoms with E-state index in [-0.39, 0.29) is 35.6 Å². The SMILES string of the molecule is O=C(CCC(=O)Oc1ccc2c(c1)[C@]13CCCC[C@H]1[C@H](C2)N(CC1CC1)CC3)Oc1ccc2c(c1)[C@]13CCCC[C@H]1[C@H](C2)N(CC1CC1)CC3. The van der Waals surface area contributed by atoms with E-state index < -0.39 is 0 Å². The lowest BCUT2D eigenvalue weighted by atomic mass is 9.52. The summed E-state index contributed by atoms with van der Waals surface area (Å²) >= 11 is 0. The lowest BCUT2D eigenvalue weighted by molar-refractivity contribution is -0.140. The predicted octanol–water partition coefficient (Wildman–Crippen LogP) is 7.91. The van der Waals surface area contributed by atoms with Gasteiger partial charge in [-0.2, -0.15) is 0 Å². The van der Waals surface area contributed by atoms with Gasteiger partial charge in [0, 0.05) is 36.0 Å². The molecule has 2 aromatic rings. The molecule has 50 heavy (non-hydrogen) atoms. The molecule has 2 saturated heterocycles. The van der Waals surface area contributed by atoms with Crippen molar-refractivity contribution in [2.75, 3.05) is 26.2 Å². The highest BCUT2D eigenvalue weighted by Gasteiger charge is 2.55. The van der Waals surface area contributed by atoms with Gasteiger partial charge in [-0.3, -0.25) is 19.4 Å². The first-order chi connectivity index (χ1) is 24.5. The fourth-order valence-electron chi connectivity index (χ4n) is 12.5. The van der Waals surface area contributed by atoms with Crippen LogP contribution in [0, 0.1) is 23.7 Å². The predicted molar refractivity (Wildman–Crippen MR) is 193 cm³/mol. The summed E-state index contributed by atoms with van der Waals surface area (Å²) in [5.74, 6) is 3.84. The Morgan fingerprint density at radius 1 is 0.600 bits per heavy atom. The fraction of sp³-hybridized carbons (Fsp3) is 0.682. The average molecular weight is 677 g/mol. The summed E-state index contributed by atoms with van der Waals surface area (Å²) in [6.45, 7) is 4.99. The summed E-state index contributed by atoms with van der Waals surface area (Å²) in [7, 11) is 0. The van der Waals surface area contributed by atoms with E-state index in [1.54, 1.807) is 0 Å². The molecule has 0 N–H and O–H groups in total. The quantitative estimate of drug-likeness (QED) is 0.199. The normalized spacial score (nSPS) is 34.5. The van der Waals surface area contributed by atoms with Crippen molar-refractivity contribution in [1.82, 2.24) is 9.80 Å². The van der Waals surface area contributed by atoms with E-state index >= 15 is 0 Å². The number of hydrogen-bond donors (Lipinski definition) is 0. The highest BCUT2D eigenvalue weighted by atomic mass is 16.5. The second-order valence-corrected chi connectivity index (χ2v) is 18.0. The maximum absolute atomic E-state index is 13.1. The van der Waals surface area contributed by atoms with Gasteiger partial charge in [0.1, 0.15) is 11.5 Å². The second-order valence-electron chi connectivity index (χ2n) is 18.0. The molecular formula is C44H56N2O4. The highest BCUT2D eigenvalue weighted by Crippen LogP contribution is 2.58. The van der Waals surface area contributed by atoms with E-state index in [1.165, 1.54) is 138 Å². The van der Waals surface area contributed by atoms with Gasteiger partial charge in [-0.1, -0.05) is 37.8 Å². The lowest BCUT2D eigenvalue weighted by Crippen LogP contribution is -2.61. The van der Waals surface area contributed by atoms with Gasteiger partial charge in [0.05, 0.1) is 12.8 Å². The molecule has 2 aliphatic heterocycles. The van der Waals surface area contributed by atoms with Crippen molar-refractivity contribution in [3.63, 3.8) is 0 Å². The van der Waals surface area contributed by atoms with Gasteiger partial charge in [-0.15, -0.1) is 0 Å². The maximum atomic E-state index is 13.1. The topological polar surface area (TPSA) is 59.1 Å². The summed E-state index contributed by atoms with van der Waals surface area (Å²) < 4.78 is 11.9. The van der Waals surface area contributed by atoms with Crippen LogP contribution in [0.5, 0.6) is 11.5 Å². The zero-order chi connectivity index (χ0) is 33.5. The molecule has 2 heterocycles. The van der Waals surface area contributed by atoms with Gasteiger partial charge in [0.25, 0.3) is 0 Å². The number of hydrogen-bond acceptors (Lipinski definition) is 6. The third-order valence-electron chi connectivity index (χ3n) is 15.2. The summed E-state index contributed by atoms with van der Waals surface area (Å²) in [5.41, 5.74) is 6.26. The monoisotopic (exact) mass is 676 g/mol. The minimum absolute atomic E-state index is 0.0251. The molecule has 6 atom stereocenters. The van der Waals surface area contributed by atoms with Crippen molar-refractivity contribution in [3.05, 3.63) is 58.7 Å². The van der Waals surface area contributed by atoms with E-state index in [4.69, 9.17) is 9.47 Å². The van der Waals surface area contributed by atoms with E-state index in [9.17, 15) is 9.59 Å². The molecule has 6 heteroatoms. The van der Waals surface area contributed by atoms with E-state index in [0.29, 0.717) is 35.4 Å². The Bertz CT molecular complexity index is 1540. The van der Waals surface area contributed by atoms with Gasteiger partial charge in [-0.05, 0) is 160 Å². The summed E-state index contributed by atoms with van der Waals surface area (Å²) in [5, 5.41) is 0. The van der Waals surface area contributed by atoms with Crippen LogP contribution in [0.2, 0.25) is 0 Å². The summed E-state index contributed by atoms with van der Waals surface area (Å²) in [6.07, 6.45) is 20.8. The Labute approximate surface area is 298 Å². The number of rotatable bonds is 9. The molecule has 0 unspecified atom stereocenters. The Kier molecular flexibility index (Phi) is 7.98. The first kappa shape index (κ1) is 32.0. The standard InChI is InChI=1S/C44H56N2O4/c47-41(49-33-13-11-31-23-39-35-5-1-3-17-43(35,37(31)25-33)19-21-45(39)27-29-7-8-29)15-16-42(48)50-34-14-12-32-24-40-36-6-2-4-18-44(36,38(32)26-34)20-22-46(40)28-30-9-10-30/h11-14,25-26,29-30,35-36,39-40H,1-10,15-24,27-28H2/t35-,36-,39-,40-,43-,44-/m0/s1. The Hall–Kier alpha value is -2.70. The number of likely N-dealkylation sites (tertiary alicyclic amines) is 2. The smallest absolute Gasteiger partial charge is 0.311 e. The van der Waals surface area contributed by atoms with Gasteiger partial charge < -0.3 is 9.47 Å². The Morgan fingerprint density at radius 2 is 1.06 bits per heavy atom. The third-order valence-corrected chi connectivity index (χ3v) is 15.2. The van der Waals surface area contributed by atoms with Crippen LogP contribution in [0.15, 0.2) is 36.4 Å². The van der Waals surface area contributed by atoms with Crippen molar-refractivity contribution in [1.29, 1.82) is 0 Å². The fourth-order valence-corrected chi connectivity index (χ4v) is 12.5. The Morgan fingerprint density at radius 3 is 1.50 bits per heavy atom. The zero-order valence-electron chi connectivity index (χ0n) is 30.0. The molecule has 4 saturated carbocycles. The van der Waals surface area contributed by atoms with Gasteiger partial charge in [0.2, 0.25) is 0 Å². The molecule has 0 aromatic heterocycles. The number of ether oxygens (including phenoxy) is 2. The highest BCUT2D eigenvalue weighted by molar-refractivity contribution is 5.80. The summed E-state index contributed by atoms with van der Waals surface area (Å²) in [4.78, 5) is 31.9. The van der Waals surface area contributed by atoms with Crippen LogP contribution >= 0.6 is 0 Å². The number of piperidine rings is 2. The number of fused-ring (bicyclic) bond motifs is 2. The number of nitrogens with zero attached hydrogens (tertiary/aromatic N) is 2. The lowest BCUT2D eigenvalue weighted by Gasteiger charge is -2.59. The molecule has 2 aromatic carbocycles. The van der Waals surface area contributed by atoms with Crippen LogP contribution in [-0.2, 0) is 33.3 Å². The molecule has 10 rings (SSSR count). The molecule has 4 bridgehead atoms. The van der Waals surface area contributed by atoms with Crippen molar-refractivity contribution >= 4 is 11.9 Å². The molecular weight excluding hydrogens is 620 g/mol. The molecule has 0 spiro atoms. The van der Waals surface area contributed by atoms with E-state index in [0.717, 1.165) is 24.7 Å². The minimum atomic E-state index is -0.356. The van der Waals surface area contributed by atoms with E-state index in [2.05, 4.69) is 34.1 Å². The molecule has 6 aliphatic carbocycles. The van der Waals surface area contributed by atoms with Crippen molar-refractivity contribution in [2.24, 2.45) is 23.7 Å². The minimum Gasteiger partial charge on any atom is -0.427 e. The molecule has 266 valence electrons. The second kappa shape index (κ2) is 12.5. The van der Waals surface area contributed by atoms with Crippen LogP contribution in [-0.4, -0.2) is 60.0 Å². The van der Waals surface area contributed by atoms with Crippen LogP contribution in [0.1, 0.15) is 125 Å². The number of carbonyl (C=O) groups is 2. The molecule has 6 nitrogen and oxygen atoms in total. The van der Waals surface area contributed by atoms with Crippen LogP contribution in [0.4, 0.5) is 0 Å². The van der Waals surface area contributed by atoms with Gasteiger partial charge >= 0.3 is 11.9 Å². The van der Waals surface area contributed by atoms with Crippen molar-refractivity contribution < 1.29 is 19.1 Å². The summed E-state index contributed by atoms with van der Waals surface area (Å²) in [6, 6.07) is 14.2. The van der Waals surface area contributed by atoms with Crippen molar-refractivity contribution in [3.8, 4) is 11.5 Å².